The lowest BCUT2D eigenvalue weighted by molar-refractivity contribution is -0.148. The van der Waals surface area contributed by atoms with Gasteiger partial charge in [0.1, 0.15) is 25.1 Å². The molecule has 0 saturated carbocycles. The Morgan fingerprint density at radius 1 is 0.974 bits per heavy atom. The Hall–Kier alpha value is -3.30. The average molecular weight is 529 g/mol. The SMILES string of the molecule is O=C(N[C@H](CN1CCCC1)[C@H](O)c1ccc2c(c1)OCCO2)C(F)(F)CCc1ccc2cc(F)ccc2c1. The van der Waals surface area contributed by atoms with Crippen molar-refractivity contribution < 1.29 is 32.5 Å². The van der Waals surface area contributed by atoms with E-state index in [4.69, 9.17) is 9.47 Å². The second-order valence-corrected chi connectivity index (χ2v) is 9.97. The highest BCUT2D eigenvalue weighted by molar-refractivity contribution is 5.84. The highest BCUT2D eigenvalue weighted by Crippen LogP contribution is 2.34. The van der Waals surface area contributed by atoms with Gasteiger partial charge in [-0.05, 0) is 78.5 Å². The van der Waals surface area contributed by atoms with Gasteiger partial charge in [-0.2, -0.15) is 8.78 Å². The molecule has 2 heterocycles. The number of aryl methyl sites for hydroxylation is 1. The molecule has 202 valence electrons. The van der Waals surface area contributed by atoms with Crippen molar-refractivity contribution in [2.24, 2.45) is 0 Å². The van der Waals surface area contributed by atoms with Gasteiger partial charge >= 0.3 is 5.92 Å². The van der Waals surface area contributed by atoms with E-state index in [0.717, 1.165) is 31.3 Å². The van der Waals surface area contributed by atoms with Crippen LogP contribution in [0.25, 0.3) is 10.8 Å². The molecule has 0 aromatic heterocycles. The molecule has 38 heavy (non-hydrogen) atoms. The molecule has 2 atom stereocenters. The van der Waals surface area contributed by atoms with E-state index in [2.05, 4.69) is 10.2 Å². The van der Waals surface area contributed by atoms with Crippen molar-refractivity contribution in [2.45, 2.75) is 43.8 Å². The quantitative estimate of drug-likeness (QED) is 0.424. The Kier molecular flexibility index (Phi) is 7.76. The highest BCUT2D eigenvalue weighted by Gasteiger charge is 2.41. The minimum atomic E-state index is -3.65. The van der Waals surface area contributed by atoms with Crippen LogP contribution in [0.4, 0.5) is 13.2 Å². The van der Waals surface area contributed by atoms with E-state index < -0.39 is 30.4 Å². The highest BCUT2D eigenvalue weighted by atomic mass is 19.3. The summed E-state index contributed by atoms with van der Waals surface area (Å²) in [6.45, 7) is 2.61. The van der Waals surface area contributed by atoms with Crippen LogP contribution in [0, 0.1) is 5.82 Å². The summed E-state index contributed by atoms with van der Waals surface area (Å²) in [4.78, 5) is 14.9. The number of amides is 1. The summed E-state index contributed by atoms with van der Waals surface area (Å²) in [5, 5.41) is 15.0. The zero-order valence-electron chi connectivity index (χ0n) is 21.0. The van der Waals surface area contributed by atoms with Crippen LogP contribution >= 0.6 is 0 Å². The molecule has 0 aliphatic carbocycles. The monoisotopic (exact) mass is 528 g/mol. The summed E-state index contributed by atoms with van der Waals surface area (Å²) < 4.78 is 54.6. The van der Waals surface area contributed by atoms with Crippen LogP contribution in [0.3, 0.4) is 0 Å². The minimum absolute atomic E-state index is 0.0325. The molecule has 9 heteroatoms. The van der Waals surface area contributed by atoms with Crippen LogP contribution in [0.1, 0.15) is 36.5 Å². The van der Waals surface area contributed by atoms with E-state index in [-0.39, 0.29) is 18.8 Å². The van der Waals surface area contributed by atoms with Crippen LogP contribution in [0.2, 0.25) is 0 Å². The van der Waals surface area contributed by atoms with Crippen molar-refractivity contribution in [2.75, 3.05) is 32.8 Å². The van der Waals surface area contributed by atoms with Gasteiger partial charge in [0.15, 0.2) is 11.5 Å². The Labute approximate surface area is 219 Å². The van der Waals surface area contributed by atoms with E-state index in [9.17, 15) is 14.3 Å². The molecule has 1 saturated heterocycles. The van der Waals surface area contributed by atoms with Crippen molar-refractivity contribution in [3.63, 3.8) is 0 Å². The van der Waals surface area contributed by atoms with Gasteiger partial charge in [-0.3, -0.25) is 4.79 Å². The van der Waals surface area contributed by atoms with Gasteiger partial charge in [-0.1, -0.05) is 30.3 Å². The number of benzene rings is 3. The summed E-state index contributed by atoms with van der Waals surface area (Å²) in [6.07, 6.45) is 0.0224. The van der Waals surface area contributed by atoms with E-state index in [0.29, 0.717) is 41.2 Å². The molecule has 0 radical (unpaired) electrons. The summed E-state index contributed by atoms with van der Waals surface area (Å²) in [7, 11) is 0. The second-order valence-electron chi connectivity index (χ2n) is 9.97. The summed E-state index contributed by atoms with van der Waals surface area (Å²) in [5.74, 6) is -4.40. The molecule has 0 bridgehead atoms. The van der Waals surface area contributed by atoms with E-state index >= 15 is 8.78 Å². The summed E-state index contributed by atoms with van der Waals surface area (Å²) in [5.41, 5.74) is 1.08. The third-order valence-corrected chi connectivity index (χ3v) is 7.19. The maximum atomic E-state index is 15.0. The molecule has 2 aliphatic rings. The van der Waals surface area contributed by atoms with Gasteiger partial charge in [-0.25, -0.2) is 4.39 Å². The first-order valence-corrected chi connectivity index (χ1v) is 13.0. The number of rotatable bonds is 9. The number of halogens is 3. The molecule has 2 N–H and O–H groups in total. The van der Waals surface area contributed by atoms with Gasteiger partial charge in [0.05, 0.1) is 6.04 Å². The number of hydrogen-bond acceptors (Lipinski definition) is 5. The number of carbonyl (C=O) groups is 1. The topological polar surface area (TPSA) is 71.0 Å². The first-order valence-electron chi connectivity index (χ1n) is 13.0. The third-order valence-electron chi connectivity index (χ3n) is 7.19. The first kappa shape index (κ1) is 26.3. The normalized spacial score (nSPS) is 17.4. The number of likely N-dealkylation sites (tertiary alicyclic amines) is 1. The molecule has 2 aliphatic heterocycles. The van der Waals surface area contributed by atoms with Crippen LogP contribution in [-0.4, -0.2) is 60.7 Å². The van der Waals surface area contributed by atoms with Crippen LogP contribution < -0.4 is 14.8 Å². The predicted octanol–water partition coefficient (Wildman–Crippen LogP) is 4.63. The largest absolute Gasteiger partial charge is 0.486 e. The minimum Gasteiger partial charge on any atom is -0.486 e. The summed E-state index contributed by atoms with van der Waals surface area (Å²) in [6, 6.07) is 13.4. The standard InChI is InChI=1S/C29H31F3N2O4/c30-23-7-5-20-15-19(3-4-21(20)16-23)9-10-29(31,32)28(36)33-24(18-34-11-1-2-12-34)27(35)22-6-8-25-26(17-22)38-14-13-37-25/h3-8,15-17,24,27,35H,1-2,9-14,18H2,(H,33,36)/t24-,27-/m1/s1. The van der Waals surface area contributed by atoms with Gasteiger partial charge < -0.3 is 24.8 Å². The fourth-order valence-electron chi connectivity index (χ4n) is 5.05. The first-order chi connectivity index (χ1) is 18.3. The summed E-state index contributed by atoms with van der Waals surface area (Å²) >= 11 is 0. The number of hydrogen-bond donors (Lipinski definition) is 2. The van der Waals surface area contributed by atoms with Crippen molar-refractivity contribution in [1.29, 1.82) is 0 Å². The molecule has 3 aromatic carbocycles. The molecule has 5 rings (SSSR count). The Bertz CT molecular complexity index is 1300. The fourth-order valence-corrected chi connectivity index (χ4v) is 5.05. The lowest BCUT2D eigenvalue weighted by Crippen LogP contribution is -2.51. The van der Waals surface area contributed by atoms with Gasteiger partial charge in [0.2, 0.25) is 0 Å². The van der Waals surface area contributed by atoms with Crippen LogP contribution in [0.15, 0.2) is 54.6 Å². The smallest absolute Gasteiger partial charge is 0.324 e. The molecule has 0 spiro atoms. The van der Waals surface area contributed by atoms with E-state index in [1.807, 2.05) is 0 Å². The third kappa shape index (κ3) is 6.05. The molecule has 0 unspecified atom stereocenters. The zero-order chi connectivity index (χ0) is 26.7. The van der Waals surface area contributed by atoms with Crippen LogP contribution in [0.5, 0.6) is 11.5 Å². The van der Waals surface area contributed by atoms with Crippen LogP contribution in [-0.2, 0) is 11.2 Å². The molecule has 3 aromatic rings. The maximum absolute atomic E-state index is 15.0. The number of carbonyl (C=O) groups excluding carboxylic acids is 1. The molecular weight excluding hydrogens is 497 g/mol. The number of fused-ring (bicyclic) bond motifs is 2. The van der Waals surface area contributed by atoms with Crippen molar-refractivity contribution in [3.05, 3.63) is 71.5 Å². The van der Waals surface area contributed by atoms with Crippen molar-refractivity contribution in [1.82, 2.24) is 10.2 Å². The fraction of sp³-hybridized carbons (Fsp3) is 0.414. The average Bonchev–Trinajstić information content (AvgIpc) is 3.44. The Morgan fingerprint density at radius 3 is 2.47 bits per heavy atom. The van der Waals surface area contributed by atoms with Gasteiger partial charge in [0.25, 0.3) is 5.91 Å². The molecule has 6 nitrogen and oxygen atoms in total. The number of aliphatic hydroxyl groups excluding tert-OH is 1. The Morgan fingerprint density at radius 2 is 1.68 bits per heavy atom. The Balaban J connectivity index is 1.28. The zero-order valence-corrected chi connectivity index (χ0v) is 21.0. The number of nitrogens with one attached hydrogen (secondary N) is 1. The van der Waals surface area contributed by atoms with Crippen molar-refractivity contribution >= 4 is 16.7 Å². The number of ether oxygens (including phenoxy) is 2. The number of aliphatic hydroxyl groups is 1. The van der Waals surface area contributed by atoms with E-state index in [1.165, 1.54) is 12.1 Å². The lowest BCUT2D eigenvalue weighted by Gasteiger charge is -2.30. The lowest BCUT2D eigenvalue weighted by atomic mass is 9.99. The number of nitrogens with zero attached hydrogens (tertiary/aromatic N) is 1. The van der Waals surface area contributed by atoms with Gasteiger partial charge in [-0.15, -0.1) is 0 Å². The second kappa shape index (κ2) is 11.2. The van der Waals surface area contributed by atoms with Crippen molar-refractivity contribution in [3.8, 4) is 11.5 Å². The molecule has 1 amide bonds. The molecular formula is C29H31F3N2O4. The number of alkyl halides is 2. The van der Waals surface area contributed by atoms with Gasteiger partial charge in [0, 0.05) is 13.0 Å². The maximum Gasteiger partial charge on any atom is 0.324 e. The predicted molar refractivity (Wildman–Crippen MR) is 137 cm³/mol. The van der Waals surface area contributed by atoms with E-state index in [1.54, 1.807) is 42.5 Å². The molecule has 1 fully saturated rings.